The number of hydrogen-bond donors (Lipinski definition) is 4. The molecule has 0 saturated carbocycles. The van der Waals surface area contributed by atoms with Gasteiger partial charge in [0.05, 0.1) is 21.5 Å². The van der Waals surface area contributed by atoms with Gasteiger partial charge in [-0.05, 0) is 71.8 Å². The van der Waals surface area contributed by atoms with Gasteiger partial charge in [-0.15, -0.1) is 0 Å². The first-order chi connectivity index (χ1) is 17.9. The fraction of sp³-hybridized carbons (Fsp3) is 0.107. The van der Waals surface area contributed by atoms with E-state index in [1.165, 1.54) is 0 Å². The molecule has 2 amide bonds. The zero-order valence-electron chi connectivity index (χ0n) is 19.6. The van der Waals surface area contributed by atoms with Gasteiger partial charge in [-0.2, -0.15) is 5.10 Å². The smallest absolute Gasteiger partial charge is 0.256 e. The predicted octanol–water partition coefficient (Wildman–Crippen LogP) is 6.35. The topological polar surface area (TPSA) is 113 Å². The molecule has 7 nitrogen and oxygen atoms in total. The van der Waals surface area contributed by atoms with Crippen molar-refractivity contribution in [3.05, 3.63) is 100 Å². The molecular weight excluding hydrogens is 509 g/mol. The van der Waals surface area contributed by atoms with Crippen molar-refractivity contribution in [1.82, 2.24) is 10.2 Å². The number of hydrogen-bond acceptors (Lipinski definition) is 4. The highest BCUT2D eigenvalue weighted by atomic mass is 35.5. The number of nitrogens with one attached hydrogen (secondary N) is 3. The monoisotopic (exact) mass is 531 g/mol. The molecule has 0 saturated heterocycles. The van der Waals surface area contributed by atoms with Crippen LogP contribution in [0.1, 0.15) is 28.3 Å². The van der Waals surface area contributed by atoms with Crippen LogP contribution in [-0.2, 0) is 4.79 Å². The number of benzene rings is 4. The van der Waals surface area contributed by atoms with Crippen molar-refractivity contribution in [2.75, 3.05) is 17.2 Å². The number of carbonyl (C=O) groups excluding carboxylic acids is 2. The molecule has 0 aliphatic rings. The van der Waals surface area contributed by atoms with Gasteiger partial charge in [-0.25, -0.2) is 0 Å². The fourth-order valence-corrected chi connectivity index (χ4v) is 4.58. The van der Waals surface area contributed by atoms with Crippen molar-refractivity contribution >= 4 is 68.2 Å². The summed E-state index contributed by atoms with van der Waals surface area (Å²) in [7, 11) is 0. The third kappa shape index (κ3) is 5.29. The Balaban J connectivity index is 1.37. The molecule has 0 fully saturated rings. The normalized spacial score (nSPS) is 12.0. The number of rotatable bonds is 7. The average molecular weight is 532 g/mol. The Morgan fingerprint density at radius 3 is 2.49 bits per heavy atom. The summed E-state index contributed by atoms with van der Waals surface area (Å²) in [5.41, 5.74) is 8.30. The molecule has 0 aliphatic carbocycles. The van der Waals surface area contributed by atoms with Gasteiger partial charge in [-0.1, -0.05) is 59.6 Å². The fourth-order valence-electron chi connectivity index (χ4n) is 4.27. The molecule has 37 heavy (non-hydrogen) atoms. The van der Waals surface area contributed by atoms with E-state index in [9.17, 15) is 9.59 Å². The highest BCUT2D eigenvalue weighted by Gasteiger charge is 2.21. The quantitative estimate of drug-likeness (QED) is 0.196. The van der Waals surface area contributed by atoms with Crippen LogP contribution in [0.3, 0.4) is 0 Å². The second-order valence-corrected chi connectivity index (χ2v) is 9.46. The maximum Gasteiger partial charge on any atom is 0.256 e. The van der Waals surface area contributed by atoms with Gasteiger partial charge in [0.1, 0.15) is 0 Å². The van der Waals surface area contributed by atoms with Crippen LogP contribution in [-0.4, -0.2) is 28.6 Å². The Kier molecular flexibility index (Phi) is 7.10. The molecule has 9 heteroatoms. The standard InChI is InChI=1S/C28H23Cl2N5O2/c29-23-9-7-18(14-24(23)30)21(11-12-31)28(37)32-20-8-10-25-22(15-20)26(35-34-25)33-27(36)19-6-5-16-3-1-2-4-17(16)13-19/h1-10,13-15,21H,11-12,31H2,(H,32,37)(H2,33,34,35,36). The van der Waals surface area contributed by atoms with Crippen molar-refractivity contribution in [1.29, 1.82) is 0 Å². The van der Waals surface area contributed by atoms with E-state index < -0.39 is 5.92 Å². The average Bonchev–Trinajstić information content (AvgIpc) is 3.30. The zero-order valence-corrected chi connectivity index (χ0v) is 21.1. The molecule has 0 bridgehead atoms. The van der Waals surface area contributed by atoms with Crippen molar-refractivity contribution < 1.29 is 9.59 Å². The molecule has 5 rings (SSSR count). The maximum absolute atomic E-state index is 13.2. The van der Waals surface area contributed by atoms with Crippen LogP contribution in [0.2, 0.25) is 10.0 Å². The largest absolute Gasteiger partial charge is 0.330 e. The van der Waals surface area contributed by atoms with Gasteiger partial charge in [0.15, 0.2) is 5.82 Å². The summed E-state index contributed by atoms with van der Waals surface area (Å²) in [6, 6.07) is 23.8. The van der Waals surface area contributed by atoms with Crippen molar-refractivity contribution in [2.45, 2.75) is 12.3 Å². The molecule has 1 atom stereocenters. The third-order valence-corrected chi connectivity index (χ3v) is 6.93. The third-order valence-electron chi connectivity index (χ3n) is 6.19. The minimum absolute atomic E-state index is 0.228. The van der Waals surface area contributed by atoms with Gasteiger partial charge in [0.2, 0.25) is 5.91 Å². The molecule has 0 aliphatic heterocycles. The molecule has 5 aromatic rings. The van der Waals surface area contributed by atoms with Gasteiger partial charge in [-0.3, -0.25) is 14.7 Å². The number of nitrogens with zero attached hydrogens (tertiary/aromatic N) is 1. The van der Waals surface area contributed by atoms with Crippen LogP contribution in [0.4, 0.5) is 11.5 Å². The number of H-pyrrole nitrogens is 1. The predicted molar refractivity (Wildman–Crippen MR) is 149 cm³/mol. The van der Waals surface area contributed by atoms with Crippen LogP contribution in [0, 0.1) is 0 Å². The first-order valence-electron chi connectivity index (χ1n) is 11.7. The van der Waals surface area contributed by atoms with Crippen molar-refractivity contribution in [2.24, 2.45) is 5.73 Å². The minimum Gasteiger partial charge on any atom is -0.330 e. The highest BCUT2D eigenvalue weighted by Crippen LogP contribution is 2.30. The van der Waals surface area contributed by atoms with E-state index in [4.69, 9.17) is 28.9 Å². The Bertz CT molecular complexity index is 1630. The van der Waals surface area contributed by atoms with Gasteiger partial charge in [0.25, 0.3) is 5.91 Å². The number of aromatic nitrogens is 2. The zero-order chi connectivity index (χ0) is 25.9. The first kappa shape index (κ1) is 24.8. The molecule has 1 aromatic heterocycles. The number of halogens is 2. The Labute approximate surface area is 223 Å². The highest BCUT2D eigenvalue weighted by molar-refractivity contribution is 6.42. The van der Waals surface area contributed by atoms with E-state index in [1.807, 2.05) is 36.4 Å². The molecule has 1 heterocycles. The van der Waals surface area contributed by atoms with Crippen LogP contribution in [0.15, 0.2) is 78.9 Å². The molecule has 0 radical (unpaired) electrons. The number of nitrogens with two attached hydrogens (primary N) is 1. The molecular formula is C28H23Cl2N5O2. The number of carbonyl (C=O) groups is 2. The summed E-state index contributed by atoms with van der Waals surface area (Å²) < 4.78 is 0. The Morgan fingerprint density at radius 1 is 0.892 bits per heavy atom. The first-order valence-corrected chi connectivity index (χ1v) is 12.4. The molecule has 4 aromatic carbocycles. The van der Waals surface area contributed by atoms with Crippen LogP contribution >= 0.6 is 23.2 Å². The van der Waals surface area contributed by atoms with E-state index in [-0.39, 0.29) is 11.8 Å². The lowest BCUT2D eigenvalue weighted by atomic mass is 9.94. The second kappa shape index (κ2) is 10.6. The lowest BCUT2D eigenvalue weighted by molar-refractivity contribution is -0.117. The molecule has 0 spiro atoms. The maximum atomic E-state index is 13.2. The summed E-state index contributed by atoms with van der Waals surface area (Å²) in [5.74, 6) is -0.649. The van der Waals surface area contributed by atoms with E-state index >= 15 is 0 Å². The summed E-state index contributed by atoms with van der Waals surface area (Å²) in [4.78, 5) is 26.2. The number of amides is 2. The van der Waals surface area contributed by atoms with Crippen molar-refractivity contribution in [3.8, 4) is 0 Å². The number of aromatic amines is 1. The summed E-state index contributed by atoms with van der Waals surface area (Å²) in [5, 5.41) is 16.5. The molecule has 186 valence electrons. The Hall–Kier alpha value is -3.91. The SMILES string of the molecule is NCCC(C(=O)Nc1ccc2[nH]nc(NC(=O)c3ccc4ccccc4c3)c2c1)c1ccc(Cl)c(Cl)c1. The summed E-state index contributed by atoms with van der Waals surface area (Å²) in [6.07, 6.45) is 0.435. The lowest BCUT2D eigenvalue weighted by Gasteiger charge is -2.17. The minimum atomic E-state index is -0.508. The summed E-state index contributed by atoms with van der Waals surface area (Å²) >= 11 is 12.2. The van der Waals surface area contributed by atoms with E-state index in [2.05, 4.69) is 20.8 Å². The van der Waals surface area contributed by atoms with Crippen LogP contribution < -0.4 is 16.4 Å². The molecule has 1 unspecified atom stereocenters. The molecule has 5 N–H and O–H groups in total. The van der Waals surface area contributed by atoms with Gasteiger partial charge >= 0.3 is 0 Å². The van der Waals surface area contributed by atoms with Gasteiger partial charge < -0.3 is 16.4 Å². The second-order valence-electron chi connectivity index (χ2n) is 8.64. The van der Waals surface area contributed by atoms with Crippen LogP contribution in [0.25, 0.3) is 21.7 Å². The van der Waals surface area contributed by atoms with E-state index in [0.717, 1.165) is 21.9 Å². The van der Waals surface area contributed by atoms with Crippen LogP contribution in [0.5, 0.6) is 0 Å². The van der Waals surface area contributed by atoms with Gasteiger partial charge in [0, 0.05) is 16.6 Å². The summed E-state index contributed by atoms with van der Waals surface area (Å²) in [6.45, 7) is 0.323. The lowest BCUT2D eigenvalue weighted by Crippen LogP contribution is -2.23. The van der Waals surface area contributed by atoms with Crippen molar-refractivity contribution in [3.63, 3.8) is 0 Å². The van der Waals surface area contributed by atoms with E-state index in [1.54, 1.807) is 42.5 Å². The van der Waals surface area contributed by atoms with E-state index in [0.29, 0.717) is 45.5 Å². The Morgan fingerprint density at radius 2 is 1.70 bits per heavy atom. The number of fused-ring (bicyclic) bond motifs is 2. The number of anilines is 2.